The molecule has 0 saturated heterocycles. The monoisotopic (exact) mass is 468 g/mol. The molecular weight excluding hydrogens is 440 g/mol. The van der Waals surface area contributed by atoms with Crippen LogP contribution in [0.15, 0.2) is 77.7 Å². The highest BCUT2D eigenvalue weighted by Crippen LogP contribution is 2.24. The quantitative estimate of drug-likeness (QED) is 0.503. The number of methoxy groups -OCH3 is 1. The minimum Gasteiger partial charge on any atom is -0.497 e. The maximum atomic E-state index is 12.9. The van der Waals surface area contributed by atoms with E-state index >= 15 is 0 Å². The van der Waals surface area contributed by atoms with Crippen molar-refractivity contribution >= 4 is 21.6 Å². The second-order valence-electron chi connectivity index (χ2n) is 7.39. The molecule has 1 atom stereocenters. The number of nitrogens with one attached hydrogen (secondary N) is 1. The maximum Gasteiger partial charge on any atom is 0.264 e. The van der Waals surface area contributed by atoms with Crippen molar-refractivity contribution in [1.29, 1.82) is 0 Å². The minimum absolute atomic E-state index is 0.150. The summed E-state index contributed by atoms with van der Waals surface area (Å²) in [7, 11) is -0.751. The third kappa shape index (κ3) is 5.64. The number of nitrogens with zero attached hydrogens (tertiary/aromatic N) is 1. The lowest BCUT2D eigenvalue weighted by Gasteiger charge is -2.20. The Hall–Kier alpha value is -3.52. The predicted molar refractivity (Wildman–Crippen MR) is 129 cm³/mol. The number of hydrogen-bond acceptors (Lipinski definition) is 5. The summed E-state index contributed by atoms with van der Waals surface area (Å²) in [5, 5.41) is 2.96. The average Bonchev–Trinajstić information content (AvgIpc) is 2.84. The van der Waals surface area contributed by atoms with Crippen molar-refractivity contribution in [3.63, 3.8) is 0 Å². The molecule has 174 valence electrons. The van der Waals surface area contributed by atoms with E-state index in [2.05, 4.69) is 5.32 Å². The van der Waals surface area contributed by atoms with Gasteiger partial charge in [-0.15, -0.1) is 0 Å². The molecule has 1 unspecified atom stereocenters. The first-order valence-electron chi connectivity index (χ1n) is 10.5. The lowest BCUT2D eigenvalue weighted by atomic mass is 10.1. The van der Waals surface area contributed by atoms with Gasteiger partial charge in [-0.3, -0.25) is 9.10 Å². The molecule has 0 aliphatic carbocycles. The molecule has 1 N–H and O–H groups in total. The van der Waals surface area contributed by atoms with Crippen LogP contribution in [0.25, 0.3) is 0 Å². The van der Waals surface area contributed by atoms with E-state index in [1.807, 2.05) is 38.1 Å². The number of amides is 1. The maximum absolute atomic E-state index is 12.9. The van der Waals surface area contributed by atoms with Crippen molar-refractivity contribution in [2.45, 2.75) is 24.8 Å². The summed E-state index contributed by atoms with van der Waals surface area (Å²) in [5.74, 6) is 1.11. The van der Waals surface area contributed by atoms with Crippen molar-refractivity contribution in [2.24, 2.45) is 0 Å². The Balaban J connectivity index is 1.68. The predicted octanol–water partition coefficient (Wildman–Crippen LogP) is 4.41. The number of anilines is 1. The summed E-state index contributed by atoms with van der Waals surface area (Å²) < 4.78 is 37.5. The van der Waals surface area contributed by atoms with Crippen LogP contribution < -0.4 is 19.1 Å². The summed E-state index contributed by atoms with van der Waals surface area (Å²) in [6, 6.07) is 20.0. The number of carbonyl (C=O) groups excluding carboxylic acids is 1. The normalized spacial score (nSPS) is 12.0. The first-order chi connectivity index (χ1) is 15.8. The van der Waals surface area contributed by atoms with Gasteiger partial charge in [-0.2, -0.15) is 0 Å². The van der Waals surface area contributed by atoms with Gasteiger partial charge in [-0.25, -0.2) is 8.42 Å². The lowest BCUT2D eigenvalue weighted by molar-refractivity contribution is 0.0940. The first-order valence-corrected chi connectivity index (χ1v) is 12.0. The fraction of sp³-hybridized carbons (Fsp3) is 0.240. The van der Waals surface area contributed by atoms with Crippen LogP contribution in [0, 0.1) is 0 Å². The Morgan fingerprint density at radius 2 is 1.52 bits per heavy atom. The topological polar surface area (TPSA) is 84.9 Å². The zero-order valence-corrected chi connectivity index (χ0v) is 19.9. The van der Waals surface area contributed by atoms with Crippen LogP contribution in [0.3, 0.4) is 0 Å². The Morgan fingerprint density at radius 3 is 2.06 bits per heavy atom. The molecule has 3 aromatic carbocycles. The van der Waals surface area contributed by atoms with Crippen LogP contribution in [-0.2, 0) is 10.0 Å². The van der Waals surface area contributed by atoms with Gasteiger partial charge in [0.05, 0.1) is 30.3 Å². The van der Waals surface area contributed by atoms with E-state index in [9.17, 15) is 13.2 Å². The van der Waals surface area contributed by atoms with E-state index in [1.165, 1.54) is 30.6 Å². The van der Waals surface area contributed by atoms with E-state index in [4.69, 9.17) is 9.47 Å². The van der Waals surface area contributed by atoms with Gasteiger partial charge in [0, 0.05) is 12.6 Å². The molecule has 0 fully saturated rings. The van der Waals surface area contributed by atoms with Crippen LogP contribution in [0.4, 0.5) is 5.69 Å². The molecule has 33 heavy (non-hydrogen) atoms. The molecular formula is C25H28N2O5S. The highest BCUT2D eigenvalue weighted by Gasteiger charge is 2.22. The zero-order chi connectivity index (χ0) is 24.0. The molecule has 0 aromatic heterocycles. The average molecular weight is 469 g/mol. The Morgan fingerprint density at radius 1 is 0.939 bits per heavy atom. The summed E-state index contributed by atoms with van der Waals surface area (Å²) in [4.78, 5) is 12.8. The standard InChI is InChI=1S/C25H28N2O5S/c1-5-32-23-12-8-19(9-13-23)18(2)26-25(28)20-6-10-21(11-7-20)27(3)33(29,30)24-16-14-22(31-4)15-17-24/h6-18H,5H2,1-4H3,(H,26,28). The number of ether oxygens (including phenoxy) is 2. The molecule has 0 spiro atoms. The summed E-state index contributed by atoms with van der Waals surface area (Å²) in [5.41, 5.74) is 1.84. The second kappa shape index (κ2) is 10.4. The van der Waals surface area contributed by atoms with Crippen molar-refractivity contribution < 1.29 is 22.7 Å². The fourth-order valence-electron chi connectivity index (χ4n) is 3.25. The molecule has 0 heterocycles. The molecule has 7 nitrogen and oxygen atoms in total. The van der Waals surface area contributed by atoms with Gasteiger partial charge in [0.1, 0.15) is 11.5 Å². The van der Waals surface area contributed by atoms with Crippen molar-refractivity contribution in [2.75, 3.05) is 25.1 Å². The summed E-state index contributed by atoms with van der Waals surface area (Å²) >= 11 is 0. The van der Waals surface area contributed by atoms with Crippen molar-refractivity contribution in [3.05, 3.63) is 83.9 Å². The third-order valence-corrected chi connectivity index (χ3v) is 7.05. The van der Waals surface area contributed by atoms with Crippen LogP contribution in [0.2, 0.25) is 0 Å². The molecule has 0 radical (unpaired) electrons. The molecule has 3 aromatic rings. The van der Waals surface area contributed by atoms with Gasteiger partial charge in [0.15, 0.2) is 0 Å². The van der Waals surface area contributed by atoms with Gasteiger partial charge in [0.25, 0.3) is 15.9 Å². The van der Waals surface area contributed by atoms with Crippen LogP contribution in [-0.4, -0.2) is 35.1 Å². The number of rotatable bonds is 9. The fourth-order valence-corrected chi connectivity index (χ4v) is 4.45. The van der Waals surface area contributed by atoms with Crippen LogP contribution in [0.5, 0.6) is 11.5 Å². The number of benzene rings is 3. The number of sulfonamides is 1. The molecule has 3 rings (SSSR count). The Kier molecular flexibility index (Phi) is 7.60. The van der Waals surface area contributed by atoms with Gasteiger partial charge in [0.2, 0.25) is 0 Å². The van der Waals surface area contributed by atoms with Gasteiger partial charge in [-0.1, -0.05) is 12.1 Å². The largest absolute Gasteiger partial charge is 0.497 e. The summed E-state index contributed by atoms with van der Waals surface area (Å²) in [6.45, 7) is 4.42. The molecule has 0 bridgehead atoms. The number of carbonyl (C=O) groups is 1. The number of hydrogen-bond donors (Lipinski definition) is 1. The molecule has 8 heteroatoms. The molecule has 0 aliphatic rings. The second-order valence-corrected chi connectivity index (χ2v) is 9.36. The molecule has 0 aliphatic heterocycles. The summed E-state index contributed by atoms with van der Waals surface area (Å²) in [6.07, 6.45) is 0. The Labute approximate surface area is 195 Å². The van der Waals surface area contributed by atoms with Crippen LogP contribution in [0.1, 0.15) is 35.8 Å². The SMILES string of the molecule is CCOc1ccc(C(C)NC(=O)c2ccc(N(C)S(=O)(=O)c3ccc(OC)cc3)cc2)cc1. The van der Waals surface area contributed by atoms with E-state index in [0.717, 1.165) is 11.3 Å². The van der Waals surface area contributed by atoms with Crippen LogP contribution >= 0.6 is 0 Å². The van der Waals surface area contributed by atoms with E-state index in [-0.39, 0.29) is 16.8 Å². The van der Waals surface area contributed by atoms with Crippen molar-refractivity contribution in [3.8, 4) is 11.5 Å². The van der Waals surface area contributed by atoms with Gasteiger partial charge in [-0.05, 0) is 80.1 Å². The first kappa shape index (κ1) is 24.1. The third-order valence-electron chi connectivity index (χ3n) is 5.25. The molecule has 0 saturated carbocycles. The van der Waals surface area contributed by atoms with Gasteiger partial charge < -0.3 is 14.8 Å². The highest BCUT2D eigenvalue weighted by molar-refractivity contribution is 7.92. The lowest BCUT2D eigenvalue weighted by Crippen LogP contribution is -2.28. The van der Waals surface area contributed by atoms with Gasteiger partial charge >= 0.3 is 0 Å². The highest BCUT2D eigenvalue weighted by atomic mass is 32.2. The van der Waals surface area contributed by atoms with E-state index in [0.29, 0.717) is 23.6 Å². The van der Waals surface area contributed by atoms with E-state index in [1.54, 1.807) is 36.4 Å². The molecule has 1 amide bonds. The zero-order valence-electron chi connectivity index (χ0n) is 19.1. The van der Waals surface area contributed by atoms with Crippen molar-refractivity contribution in [1.82, 2.24) is 5.32 Å². The smallest absolute Gasteiger partial charge is 0.264 e. The minimum atomic E-state index is -3.75. The Bertz CT molecular complexity index is 1170. The van der Waals surface area contributed by atoms with E-state index < -0.39 is 10.0 Å².